The topological polar surface area (TPSA) is 99.6 Å². The first-order valence-corrected chi connectivity index (χ1v) is 6.70. The van der Waals surface area contributed by atoms with Crippen molar-refractivity contribution in [3.8, 4) is 0 Å². The Kier molecular flexibility index (Phi) is 4.33. The smallest absolute Gasteiger partial charge is 0.305 e. The Balaban J connectivity index is 2.23. The van der Waals surface area contributed by atoms with Crippen molar-refractivity contribution in [2.45, 2.75) is 12.5 Å². The molecule has 1 saturated heterocycles. The van der Waals surface area contributed by atoms with Crippen LogP contribution in [0.5, 0.6) is 0 Å². The van der Waals surface area contributed by atoms with Gasteiger partial charge in [0, 0.05) is 19.3 Å². The second-order valence-electron chi connectivity index (χ2n) is 4.27. The number of rotatable bonds is 3. The van der Waals surface area contributed by atoms with Crippen LogP contribution in [0, 0.1) is 0 Å². The normalized spacial score (nSPS) is 18.6. The highest BCUT2D eigenvalue weighted by atomic mass is 79.9. The molecule has 106 valence electrons. The SMILES string of the molecule is O=C(O)CC1C(=O)NCCN1C(=O)c1ccc(Br)nc1. The van der Waals surface area contributed by atoms with E-state index in [2.05, 4.69) is 26.2 Å². The highest BCUT2D eigenvalue weighted by Crippen LogP contribution is 2.15. The first-order chi connectivity index (χ1) is 9.49. The summed E-state index contributed by atoms with van der Waals surface area (Å²) >= 11 is 3.17. The molecule has 1 aliphatic heterocycles. The van der Waals surface area contributed by atoms with Crippen LogP contribution in [0.1, 0.15) is 16.8 Å². The maximum Gasteiger partial charge on any atom is 0.305 e. The number of aromatic nitrogens is 1. The zero-order valence-corrected chi connectivity index (χ0v) is 12.0. The summed E-state index contributed by atoms with van der Waals surface area (Å²) in [7, 11) is 0. The lowest BCUT2D eigenvalue weighted by atomic mass is 10.1. The van der Waals surface area contributed by atoms with Gasteiger partial charge in [0.05, 0.1) is 12.0 Å². The molecule has 1 aromatic heterocycles. The Hall–Kier alpha value is -1.96. The minimum absolute atomic E-state index is 0.276. The van der Waals surface area contributed by atoms with Crippen LogP contribution in [0.3, 0.4) is 0 Å². The summed E-state index contributed by atoms with van der Waals surface area (Å²) in [6.07, 6.45) is 0.971. The van der Waals surface area contributed by atoms with Crippen molar-refractivity contribution in [3.05, 3.63) is 28.5 Å². The molecule has 2 heterocycles. The zero-order valence-electron chi connectivity index (χ0n) is 10.4. The van der Waals surface area contributed by atoms with E-state index in [1.54, 1.807) is 12.1 Å². The van der Waals surface area contributed by atoms with Crippen LogP contribution in [0.15, 0.2) is 22.9 Å². The molecule has 2 amide bonds. The number of nitrogens with one attached hydrogen (secondary N) is 1. The van der Waals surface area contributed by atoms with Crippen molar-refractivity contribution in [2.75, 3.05) is 13.1 Å². The van der Waals surface area contributed by atoms with Gasteiger partial charge in [-0.3, -0.25) is 14.4 Å². The van der Waals surface area contributed by atoms with Crippen LogP contribution >= 0.6 is 15.9 Å². The van der Waals surface area contributed by atoms with E-state index in [-0.39, 0.29) is 6.54 Å². The van der Waals surface area contributed by atoms with Gasteiger partial charge in [-0.1, -0.05) is 0 Å². The molecule has 8 heteroatoms. The van der Waals surface area contributed by atoms with E-state index in [0.717, 1.165) is 0 Å². The van der Waals surface area contributed by atoms with Crippen molar-refractivity contribution >= 4 is 33.7 Å². The molecule has 7 nitrogen and oxygen atoms in total. The standard InChI is InChI=1S/C12H12BrN3O4/c13-9-2-1-7(6-15-9)12(20)16-4-3-14-11(19)8(16)5-10(17)18/h1-2,6,8H,3-5H2,(H,14,19)(H,17,18). The van der Waals surface area contributed by atoms with Crippen LogP contribution in [0.4, 0.5) is 0 Å². The number of pyridine rings is 1. The van der Waals surface area contributed by atoms with Gasteiger partial charge < -0.3 is 15.3 Å². The van der Waals surface area contributed by atoms with Gasteiger partial charge in [0.15, 0.2) is 0 Å². The highest BCUT2D eigenvalue weighted by Gasteiger charge is 2.35. The van der Waals surface area contributed by atoms with E-state index in [9.17, 15) is 14.4 Å². The number of hydrogen-bond acceptors (Lipinski definition) is 4. The molecule has 0 aliphatic carbocycles. The number of halogens is 1. The molecule has 0 saturated carbocycles. The molecule has 2 rings (SSSR count). The van der Waals surface area contributed by atoms with Gasteiger partial charge in [0.2, 0.25) is 5.91 Å². The number of carbonyl (C=O) groups excluding carboxylic acids is 2. The summed E-state index contributed by atoms with van der Waals surface area (Å²) in [5.74, 6) is -1.97. The molecule has 1 atom stereocenters. The maximum absolute atomic E-state index is 12.3. The third-order valence-corrected chi connectivity index (χ3v) is 3.40. The van der Waals surface area contributed by atoms with Crippen LogP contribution in [0.25, 0.3) is 0 Å². The summed E-state index contributed by atoms with van der Waals surface area (Å²) in [6.45, 7) is 0.587. The Bertz CT molecular complexity index is 546. The predicted molar refractivity (Wildman–Crippen MR) is 72.0 cm³/mol. The fraction of sp³-hybridized carbons (Fsp3) is 0.333. The summed E-state index contributed by atoms with van der Waals surface area (Å²) in [5.41, 5.74) is 0.318. The Labute approximate surface area is 123 Å². The van der Waals surface area contributed by atoms with Gasteiger partial charge in [0.25, 0.3) is 5.91 Å². The van der Waals surface area contributed by atoms with Crippen LogP contribution in [-0.2, 0) is 9.59 Å². The van der Waals surface area contributed by atoms with Gasteiger partial charge in [-0.25, -0.2) is 4.98 Å². The van der Waals surface area contributed by atoms with Gasteiger partial charge in [-0.05, 0) is 28.1 Å². The summed E-state index contributed by atoms with van der Waals surface area (Å²) < 4.78 is 0.590. The van der Waals surface area contributed by atoms with E-state index in [4.69, 9.17) is 5.11 Å². The lowest BCUT2D eigenvalue weighted by molar-refractivity contribution is -0.142. The lowest BCUT2D eigenvalue weighted by Crippen LogP contribution is -2.57. The summed E-state index contributed by atoms with van der Waals surface area (Å²) in [5, 5.41) is 11.4. The molecule has 1 aliphatic rings. The average Bonchev–Trinajstić information content (AvgIpc) is 2.41. The molecular formula is C12H12BrN3O4. The average molecular weight is 342 g/mol. The number of hydrogen-bond donors (Lipinski definition) is 2. The van der Waals surface area contributed by atoms with Gasteiger partial charge in [0.1, 0.15) is 10.6 Å². The van der Waals surface area contributed by atoms with E-state index < -0.39 is 30.2 Å². The second kappa shape index (κ2) is 6.00. The third-order valence-electron chi connectivity index (χ3n) is 2.93. The molecule has 1 fully saturated rings. The number of aliphatic carboxylic acids is 1. The summed E-state index contributed by atoms with van der Waals surface area (Å²) in [6, 6.07) is 2.20. The first-order valence-electron chi connectivity index (χ1n) is 5.91. The number of carboxylic acids is 1. The van der Waals surface area contributed by atoms with Crippen molar-refractivity contribution in [2.24, 2.45) is 0 Å². The lowest BCUT2D eigenvalue weighted by Gasteiger charge is -2.34. The Morgan fingerprint density at radius 2 is 2.25 bits per heavy atom. The maximum atomic E-state index is 12.3. The predicted octanol–water partition coefficient (Wildman–Crippen LogP) is 0.259. The molecule has 1 aromatic rings. The largest absolute Gasteiger partial charge is 0.481 e. The molecule has 20 heavy (non-hydrogen) atoms. The van der Waals surface area contributed by atoms with E-state index >= 15 is 0 Å². The van der Waals surface area contributed by atoms with E-state index in [1.165, 1.54) is 11.1 Å². The fourth-order valence-electron chi connectivity index (χ4n) is 1.99. The minimum atomic E-state index is -1.13. The third kappa shape index (κ3) is 3.13. The monoisotopic (exact) mass is 341 g/mol. The number of amides is 2. The van der Waals surface area contributed by atoms with Crippen LogP contribution < -0.4 is 5.32 Å². The van der Waals surface area contributed by atoms with E-state index in [1.807, 2.05) is 0 Å². The van der Waals surface area contributed by atoms with Crippen molar-refractivity contribution in [1.82, 2.24) is 15.2 Å². The van der Waals surface area contributed by atoms with E-state index in [0.29, 0.717) is 16.7 Å². The van der Waals surface area contributed by atoms with Gasteiger partial charge in [-0.15, -0.1) is 0 Å². The molecule has 1 unspecified atom stereocenters. The molecule has 0 radical (unpaired) electrons. The minimum Gasteiger partial charge on any atom is -0.481 e. The number of nitrogens with zero attached hydrogens (tertiary/aromatic N) is 2. The number of piperazine rings is 1. The fourth-order valence-corrected chi connectivity index (χ4v) is 2.23. The first kappa shape index (κ1) is 14.4. The molecular weight excluding hydrogens is 330 g/mol. The zero-order chi connectivity index (χ0) is 14.7. The van der Waals surface area contributed by atoms with Crippen molar-refractivity contribution in [3.63, 3.8) is 0 Å². The molecule has 0 spiro atoms. The Morgan fingerprint density at radius 1 is 1.50 bits per heavy atom. The van der Waals surface area contributed by atoms with Gasteiger partial charge in [-0.2, -0.15) is 0 Å². The molecule has 0 bridgehead atoms. The quantitative estimate of drug-likeness (QED) is 0.768. The highest BCUT2D eigenvalue weighted by molar-refractivity contribution is 9.10. The van der Waals surface area contributed by atoms with Crippen molar-refractivity contribution in [1.29, 1.82) is 0 Å². The van der Waals surface area contributed by atoms with Crippen LogP contribution in [0.2, 0.25) is 0 Å². The second-order valence-corrected chi connectivity index (χ2v) is 5.09. The molecule has 0 aromatic carbocycles. The Morgan fingerprint density at radius 3 is 2.85 bits per heavy atom. The van der Waals surface area contributed by atoms with Gasteiger partial charge >= 0.3 is 5.97 Å². The van der Waals surface area contributed by atoms with Crippen LogP contribution in [-0.4, -0.2) is 51.9 Å². The molecule has 2 N–H and O–H groups in total. The van der Waals surface area contributed by atoms with Crippen molar-refractivity contribution < 1.29 is 19.5 Å². The summed E-state index contributed by atoms with van der Waals surface area (Å²) in [4.78, 5) is 40.1. The number of carbonyl (C=O) groups is 3. The number of carboxylic acid groups (broad SMARTS) is 1.